The van der Waals surface area contributed by atoms with Crippen LogP contribution in [-0.2, 0) is 26.5 Å². The predicted octanol–water partition coefficient (Wildman–Crippen LogP) is 11.9. The second-order valence-electron chi connectivity index (χ2n) is 14.4. The van der Waals surface area contributed by atoms with Crippen LogP contribution in [0.25, 0.3) is 93.5 Å². The largest absolute Gasteiger partial charge is 0.507 e. The fourth-order valence-electron chi connectivity index (χ4n) is 7.45. The van der Waals surface area contributed by atoms with Crippen LogP contribution in [0.2, 0.25) is 0 Å². The Balaban J connectivity index is 0.00000360. The van der Waals surface area contributed by atoms with Gasteiger partial charge in [0.05, 0.1) is 16.4 Å². The molecule has 4 aromatic heterocycles. The molecule has 0 fully saturated rings. The topological polar surface area (TPSA) is 63.6 Å². The number of benzene rings is 6. The molecule has 254 valence electrons. The molecule has 10 rings (SSSR count). The van der Waals surface area contributed by atoms with Crippen LogP contribution in [0.15, 0.2) is 138 Å². The molecule has 4 heterocycles. The minimum Gasteiger partial charge on any atom is -0.507 e. The van der Waals surface area contributed by atoms with Gasteiger partial charge in [-0.25, -0.2) is 4.98 Å². The quantitative estimate of drug-likeness (QED) is 0.176. The Labute approximate surface area is 314 Å². The molecule has 0 saturated heterocycles. The van der Waals surface area contributed by atoms with Crippen LogP contribution in [-0.4, -0.2) is 19.5 Å². The molecule has 0 saturated carbocycles. The van der Waals surface area contributed by atoms with Crippen molar-refractivity contribution >= 4 is 71.1 Å². The number of imidazole rings is 1. The first kappa shape index (κ1) is 32.2. The Kier molecular flexibility index (Phi) is 7.36. The fourth-order valence-corrected chi connectivity index (χ4v) is 7.45. The van der Waals surface area contributed by atoms with E-state index in [0.717, 1.165) is 76.8 Å². The van der Waals surface area contributed by atoms with Crippen molar-refractivity contribution in [2.24, 2.45) is 0 Å². The molecule has 0 atom stereocenters. The number of furan rings is 1. The smallest absolute Gasteiger partial charge is 0.148 e. The molecule has 0 aliphatic carbocycles. The Morgan fingerprint density at radius 1 is 0.654 bits per heavy atom. The predicted molar refractivity (Wildman–Crippen MR) is 209 cm³/mol. The molecular weight excluding hydrogens is 822 g/mol. The monoisotopic (exact) mass is 853 g/mol. The van der Waals surface area contributed by atoms with Crippen molar-refractivity contribution in [2.45, 2.75) is 26.2 Å². The normalized spacial score (nSPS) is 12.1. The van der Waals surface area contributed by atoms with Gasteiger partial charge in [-0.15, -0.1) is 29.8 Å². The van der Waals surface area contributed by atoms with Gasteiger partial charge in [-0.3, -0.25) is 9.38 Å². The van der Waals surface area contributed by atoms with E-state index in [9.17, 15) is 5.11 Å². The van der Waals surface area contributed by atoms with Crippen molar-refractivity contribution in [3.05, 3.63) is 145 Å². The Morgan fingerprint density at radius 3 is 2.19 bits per heavy atom. The SMILES string of the molecule is CC(C)(C)c1ccnc(-c2[c-]c(-c3cccc4c3nc3c5cc6c(cc5O)oc5ccc(cc56)c5cccc(c5)c5cccc(c5)n43)ccc2)c1.[Pt]. The van der Waals surface area contributed by atoms with Crippen LogP contribution >= 0.6 is 0 Å². The van der Waals surface area contributed by atoms with Gasteiger partial charge in [0.15, 0.2) is 0 Å². The molecule has 1 N–H and O–H groups in total. The van der Waals surface area contributed by atoms with Crippen LogP contribution in [0.1, 0.15) is 26.3 Å². The van der Waals surface area contributed by atoms with Gasteiger partial charge in [0.2, 0.25) is 0 Å². The average Bonchev–Trinajstić information content (AvgIpc) is 3.71. The minimum absolute atomic E-state index is 0. The maximum Gasteiger partial charge on any atom is 0.148 e. The summed E-state index contributed by atoms with van der Waals surface area (Å²) in [6.07, 6.45) is 1.88. The third kappa shape index (κ3) is 5.11. The maximum atomic E-state index is 11.7. The molecule has 0 amide bonds. The van der Waals surface area contributed by atoms with Crippen molar-refractivity contribution < 1.29 is 30.6 Å². The van der Waals surface area contributed by atoms with Crippen LogP contribution < -0.4 is 0 Å². The van der Waals surface area contributed by atoms with E-state index >= 15 is 0 Å². The summed E-state index contributed by atoms with van der Waals surface area (Å²) in [5.41, 5.74) is 9.61. The molecule has 0 radical (unpaired) electrons. The van der Waals surface area contributed by atoms with E-state index in [4.69, 9.17) is 14.4 Å². The van der Waals surface area contributed by atoms with Gasteiger partial charge >= 0.3 is 0 Å². The van der Waals surface area contributed by atoms with E-state index in [1.807, 2.05) is 18.3 Å². The second kappa shape index (κ2) is 11.9. The molecule has 0 spiro atoms. The van der Waals surface area contributed by atoms with E-state index in [1.54, 1.807) is 6.07 Å². The third-order valence-corrected chi connectivity index (χ3v) is 10.1. The number of phenols is 1. The van der Waals surface area contributed by atoms with E-state index in [1.165, 1.54) is 5.56 Å². The fraction of sp³-hybridized carbons (Fsp3) is 0.0870. The summed E-state index contributed by atoms with van der Waals surface area (Å²) in [7, 11) is 0. The minimum atomic E-state index is 0. The van der Waals surface area contributed by atoms with Gasteiger partial charge in [-0.1, -0.05) is 86.5 Å². The standard InChI is InChI=1S/C46H32N3O2.Pt/c1-46(2,3)33-18-19-47-39(24-33)32-12-5-11-31(21-32)35-14-7-15-40-44(35)48-45-38-25-37-36-23-30(16-17-42(36)51-43(37)26-41(38)50)28-9-4-8-27(20-28)29-10-6-13-34(22-29)49(40)45;/h4-20,22-26,50H,1-3H3;/q-1;. The van der Waals surface area contributed by atoms with Gasteiger partial charge in [0, 0.05) is 55.3 Å². The maximum absolute atomic E-state index is 11.7. The molecular formula is C46H32N3O2Pt-. The number of phenolic OH excluding ortho intramolecular Hbond substituents is 1. The molecule has 8 bridgehead atoms. The summed E-state index contributed by atoms with van der Waals surface area (Å²) in [6, 6.07) is 47.6. The zero-order valence-electron chi connectivity index (χ0n) is 28.7. The van der Waals surface area contributed by atoms with E-state index < -0.39 is 0 Å². The van der Waals surface area contributed by atoms with E-state index in [-0.39, 0.29) is 32.2 Å². The van der Waals surface area contributed by atoms with Crippen molar-refractivity contribution in [2.75, 3.05) is 0 Å². The van der Waals surface area contributed by atoms with Crippen molar-refractivity contribution in [1.29, 1.82) is 0 Å². The molecule has 0 aliphatic heterocycles. The summed E-state index contributed by atoms with van der Waals surface area (Å²) in [5, 5.41) is 18.6. The second-order valence-corrected chi connectivity index (χ2v) is 14.4. The molecule has 0 aliphatic rings. The molecule has 5 nitrogen and oxygen atoms in total. The summed E-state index contributed by atoms with van der Waals surface area (Å²) in [5.74, 6) is 0.103. The number of nitrogens with zero attached hydrogens (tertiary/aromatic N) is 3. The molecule has 0 unspecified atom stereocenters. The summed E-state index contributed by atoms with van der Waals surface area (Å²) in [6.45, 7) is 6.63. The first-order chi connectivity index (χ1) is 24.8. The van der Waals surface area contributed by atoms with Crippen molar-refractivity contribution in [1.82, 2.24) is 14.4 Å². The number of aromatic hydroxyl groups is 1. The van der Waals surface area contributed by atoms with Crippen molar-refractivity contribution in [3.63, 3.8) is 0 Å². The van der Waals surface area contributed by atoms with Gasteiger partial charge in [0.1, 0.15) is 22.6 Å². The zero-order valence-corrected chi connectivity index (χ0v) is 31.0. The summed E-state index contributed by atoms with van der Waals surface area (Å²) < 4.78 is 8.42. The number of para-hydroxylation sites is 1. The van der Waals surface area contributed by atoms with Gasteiger partial charge in [-0.05, 0) is 81.1 Å². The van der Waals surface area contributed by atoms with Gasteiger partial charge < -0.3 is 9.52 Å². The van der Waals surface area contributed by atoms with Gasteiger partial charge in [-0.2, -0.15) is 0 Å². The van der Waals surface area contributed by atoms with E-state index in [0.29, 0.717) is 16.6 Å². The van der Waals surface area contributed by atoms with Crippen LogP contribution in [0.3, 0.4) is 0 Å². The third-order valence-electron chi connectivity index (χ3n) is 10.1. The van der Waals surface area contributed by atoms with E-state index in [2.05, 4.69) is 140 Å². The Bertz CT molecular complexity index is 3100. The molecule has 52 heavy (non-hydrogen) atoms. The number of fused-ring (bicyclic) bond motifs is 13. The van der Waals surface area contributed by atoms with Crippen molar-refractivity contribution in [3.8, 4) is 28.1 Å². The number of aromatic nitrogens is 3. The summed E-state index contributed by atoms with van der Waals surface area (Å²) in [4.78, 5) is 10.1. The molecule has 6 heteroatoms. The summed E-state index contributed by atoms with van der Waals surface area (Å²) >= 11 is 0. The number of pyridine rings is 1. The zero-order chi connectivity index (χ0) is 34.4. The molecule has 6 aromatic carbocycles. The number of rotatable bonds is 2. The van der Waals surface area contributed by atoms with Crippen LogP contribution in [0, 0.1) is 6.07 Å². The Morgan fingerprint density at radius 2 is 1.37 bits per heavy atom. The van der Waals surface area contributed by atoms with Crippen LogP contribution in [0.4, 0.5) is 0 Å². The number of hydrogen-bond donors (Lipinski definition) is 1. The van der Waals surface area contributed by atoms with Crippen LogP contribution in [0.5, 0.6) is 5.75 Å². The number of hydrogen-bond acceptors (Lipinski definition) is 4. The van der Waals surface area contributed by atoms with Gasteiger partial charge in [0.25, 0.3) is 0 Å². The molecule has 10 aromatic rings. The Hall–Kier alpha value is -5.77. The average molecular weight is 854 g/mol. The first-order valence-electron chi connectivity index (χ1n) is 17.2. The first-order valence-corrected chi connectivity index (χ1v) is 17.2.